The lowest BCUT2D eigenvalue weighted by molar-refractivity contribution is -0.140. The van der Waals surface area contributed by atoms with Crippen LogP contribution < -0.4 is 5.32 Å². The molecule has 0 spiro atoms. The van der Waals surface area contributed by atoms with E-state index in [1.54, 1.807) is 0 Å². The lowest BCUT2D eigenvalue weighted by atomic mass is 9.96. The molecule has 0 radical (unpaired) electrons. The molecule has 2 unspecified atom stereocenters. The zero-order valence-electron chi connectivity index (χ0n) is 8.66. The Bertz CT molecular complexity index is 214. The molecule has 4 heteroatoms. The number of carbonyl (C=O) groups is 1. The maximum atomic E-state index is 12.0. The summed E-state index contributed by atoms with van der Waals surface area (Å²) in [7, 11) is 0. The van der Waals surface area contributed by atoms with Crippen molar-refractivity contribution in [3.63, 3.8) is 0 Å². The fourth-order valence-corrected chi connectivity index (χ4v) is 2.16. The maximum Gasteiger partial charge on any atom is 0.227 e. The highest BCUT2D eigenvalue weighted by Gasteiger charge is 2.33. The first-order valence-corrected chi connectivity index (χ1v) is 5.36. The predicted octanol–water partition coefficient (Wildman–Crippen LogP) is -0.299. The molecule has 0 aromatic carbocycles. The second-order valence-electron chi connectivity index (χ2n) is 4.18. The summed E-state index contributed by atoms with van der Waals surface area (Å²) in [6.45, 7) is 6.88. The highest BCUT2D eigenvalue weighted by atomic mass is 16.5. The number of amides is 1. The average molecular weight is 198 g/mol. The molecule has 2 aliphatic rings. The van der Waals surface area contributed by atoms with Crippen LogP contribution in [0.5, 0.6) is 0 Å². The fraction of sp³-hybridized carbons (Fsp3) is 0.900. The number of ether oxygens (including phenoxy) is 1. The Morgan fingerprint density at radius 2 is 2.07 bits per heavy atom. The first-order chi connectivity index (χ1) is 6.79. The molecule has 0 aromatic heterocycles. The van der Waals surface area contributed by atoms with Crippen LogP contribution in [-0.2, 0) is 9.53 Å². The molecule has 2 saturated heterocycles. The van der Waals surface area contributed by atoms with Crippen molar-refractivity contribution in [3.05, 3.63) is 0 Å². The summed E-state index contributed by atoms with van der Waals surface area (Å²) in [6, 6.07) is 0. The smallest absolute Gasteiger partial charge is 0.227 e. The molecule has 80 valence electrons. The molecule has 1 amide bonds. The Morgan fingerprint density at radius 3 is 2.64 bits per heavy atom. The Kier molecular flexibility index (Phi) is 3.03. The summed E-state index contributed by atoms with van der Waals surface area (Å²) in [5.74, 6) is 0.976. The molecule has 0 aromatic rings. The number of nitrogens with zero attached hydrogens (tertiary/aromatic N) is 1. The summed E-state index contributed by atoms with van der Waals surface area (Å²) in [5.41, 5.74) is 0. The molecule has 0 saturated carbocycles. The summed E-state index contributed by atoms with van der Waals surface area (Å²) in [5, 5.41) is 3.26. The molecular weight excluding hydrogens is 180 g/mol. The average Bonchev–Trinajstić information content (AvgIpc) is 2.65. The second kappa shape index (κ2) is 4.28. The summed E-state index contributed by atoms with van der Waals surface area (Å²) in [6.07, 6.45) is 0. The molecule has 2 aliphatic heterocycles. The van der Waals surface area contributed by atoms with Crippen molar-refractivity contribution in [2.45, 2.75) is 6.92 Å². The number of morpholine rings is 1. The van der Waals surface area contributed by atoms with Gasteiger partial charge in [0.1, 0.15) is 0 Å². The van der Waals surface area contributed by atoms with Crippen LogP contribution in [-0.4, -0.2) is 50.2 Å². The third-order valence-corrected chi connectivity index (χ3v) is 3.16. The number of hydrogen-bond donors (Lipinski definition) is 1. The first-order valence-electron chi connectivity index (χ1n) is 5.36. The van der Waals surface area contributed by atoms with E-state index >= 15 is 0 Å². The van der Waals surface area contributed by atoms with Gasteiger partial charge in [0, 0.05) is 19.6 Å². The SMILES string of the molecule is CC1CNCC1C(=O)N1CCOCC1. The van der Waals surface area contributed by atoms with Gasteiger partial charge in [0.2, 0.25) is 5.91 Å². The van der Waals surface area contributed by atoms with Crippen molar-refractivity contribution in [3.8, 4) is 0 Å². The van der Waals surface area contributed by atoms with Crippen LogP contribution in [0.1, 0.15) is 6.92 Å². The molecule has 1 N–H and O–H groups in total. The van der Waals surface area contributed by atoms with E-state index < -0.39 is 0 Å². The van der Waals surface area contributed by atoms with Gasteiger partial charge in [-0.2, -0.15) is 0 Å². The number of hydrogen-bond acceptors (Lipinski definition) is 3. The Labute approximate surface area is 84.6 Å². The van der Waals surface area contributed by atoms with Crippen molar-refractivity contribution in [1.29, 1.82) is 0 Å². The van der Waals surface area contributed by atoms with E-state index in [2.05, 4.69) is 12.2 Å². The van der Waals surface area contributed by atoms with Crippen LogP contribution in [0.2, 0.25) is 0 Å². The van der Waals surface area contributed by atoms with Crippen LogP contribution in [0.15, 0.2) is 0 Å². The van der Waals surface area contributed by atoms with Crippen LogP contribution >= 0.6 is 0 Å². The van der Waals surface area contributed by atoms with E-state index in [0.717, 1.165) is 26.2 Å². The van der Waals surface area contributed by atoms with Crippen molar-refractivity contribution >= 4 is 5.91 Å². The molecule has 0 bridgehead atoms. The van der Waals surface area contributed by atoms with Gasteiger partial charge in [-0.25, -0.2) is 0 Å². The number of rotatable bonds is 1. The molecule has 0 aliphatic carbocycles. The molecule has 2 rings (SSSR count). The zero-order chi connectivity index (χ0) is 9.97. The van der Waals surface area contributed by atoms with Gasteiger partial charge < -0.3 is 15.0 Å². The van der Waals surface area contributed by atoms with Gasteiger partial charge in [-0.15, -0.1) is 0 Å². The van der Waals surface area contributed by atoms with Gasteiger partial charge >= 0.3 is 0 Å². The van der Waals surface area contributed by atoms with Crippen molar-refractivity contribution in [2.75, 3.05) is 39.4 Å². The van der Waals surface area contributed by atoms with Gasteiger partial charge in [-0.3, -0.25) is 4.79 Å². The summed E-state index contributed by atoms with van der Waals surface area (Å²) < 4.78 is 5.23. The quantitative estimate of drug-likeness (QED) is 0.629. The molecule has 14 heavy (non-hydrogen) atoms. The Balaban J connectivity index is 1.92. The van der Waals surface area contributed by atoms with Crippen LogP contribution in [0.25, 0.3) is 0 Å². The number of nitrogens with one attached hydrogen (secondary N) is 1. The maximum absolute atomic E-state index is 12.0. The van der Waals surface area contributed by atoms with Gasteiger partial charge in [-0.1, -0.05) is 6.92 Å². The topological polar surface area (TPSA) is 41.6 Å². The lowest BCUT2D eigenvalue weighted by Crippen LogP contribution is -2.45. The van der Waals surface area contributed by atoms with Gasteiger partial charge in [0.25, 0.3) is 0 Å². The molecule has 2 atom stereocenters. The Morgan fingerprint density at radius 1 is 1.36 bits per heavy atom. The lowest BCUT2D eigenvalue weighted by Gasteiger charge is -2.30. The molecule has 2 heterocycles. The monoisotopic (exact) mass is 198 g/mol. The van der Waals surface area contributed by atoms with Crippen LogP contribution in [0.4, 0.5) is 0 Å². The van der Waals surface area contributed by atoms with Crippen molar-refractivity contribution < 1.29 is 9.53 Å². The fourth-order valence-electron chi connectivity index (χ4n) is 2.16. The standard InChI is InChI=1S/C10H18N2O2/c1-8-6-11-7-9(8)10(13)12-2-4-14-5-3-12/h8-9,11H,2-7H2,1H3. The largest absolute Gasteiger partial charge is 0.378 e. The summed E-state index contributed by atoms with van der Waals surface area (Å²) in [4.78, 5) is 14.0. The van der Waals surface area contributed by atoms with E-state index in [1.807, 2.05) is 4.90 Å². The van der Waals surface area contributed by atoms with Crippen LogP contribution in [0, 0.1) is 11.8 Å². The molecular formula is C10H18N2O2. The van der Waals surface area contributed by atoms with E-state index in [-0.39, 0.29) is 5.92 Å². The number of carbonyl (C=O) groups excluding carboxylic acids is 1. The zero-order valence-corrected chi connectivity index (χ0v) is 8.66. The molecule has 4 nitrogen and oxygen atoms in total. The second-order valence-corrected chi connectivity index (χ2v) is 4.18. The third-order valence-electron chi connectivity index (χ3n) is 3.16. The Hall–Kier alpha value is -0.610. The van der Waals surface area contributed by atoms with Crippen LogP contribution in [0.3, 0.4) is 0 Å². The van der Waals surface area contributed by atoms with Gasteiger partial charge in [0.05, 0.1) is 19.1 Å². The van der Waals surface area contributed by atoms with Crippen molar-refractivity contribution in [2.24, 2.45) is 11.8 Å². The van der Waals surface area contributed by atoms with E-state index in [4.69, 9.17) is 4.74 Å². The van der Waals surface area contributed by atoms with E-state index in [9.17, 15) is 4.79 Å². The van der Waals surface area contributed by atoms with Crippen molar-refractivity contribution in [1.82, 2.24) is 10.2 Å². The minimum atomic E-state index is 0.188. The minimum Gasteiger partial charge on any atom is -0.378 e. The molecule has 2 fully saturated rings. The predicted molar refractivity (Wildman–Crippen MR) is 52.9 cm³/mol. The summed E-state index contributed by atoms with van der Waals surface area (Å²) >= 11 is 0. The first kappa shape index (κ1) is 9.93. The minimum absolute atomic E-state index is 0.188. The van der Waals surface area contributed by atoms with Gasteiger partial charge in [0.15, 0.2) is 0 Å². The normalized spacial score (nSPS) is 33.4. The van der Waals surface area contributed by atoms with E-state index in [1.165, 1.54) is 0 Å². The highest BCUT2D eigenvalue weighted by molar-refractivity contribution is 5.79. The van der Waals surface area contributed by atoms with E-state index in [0.29, 0.717) is 25.0 Å². The highest BCUT2D eigenvalue weighted by Crippen LogP contribution is 2.19. The van der Waals surface area contributed by atoms with Gasteiger partial charge in [-0.05, 0) is 12.5 Å². The third kappa shape index (κ3) is 1.91.